The zero-order valence-corrected chi connectivity index (χ0v) is 9.02. The second-order valence-electron chi connectivity index (χ2n) is 2.60. The van der Waals surface area contributed by atoms with Crippen molar-refractivity contribution in [1.29, 1.82) is 0 Å². The van der Waals surface area contributed by atoms with E-state index in [1.54, 1.807) is 8.77 Å². The summed E-state index contributed by atoms with van der Waals surface area (Å²) in [6.45, 7) is 2.28. The molecule has 0 amide bonds. The summed E-state index contributed by atoms with van der Waals surface area (Å²) in [6.07, 6.45) is 11.0. The summed E-state index contributed by atoms with van der Waals surface area (Å²) in [7, 11) is 0. The Hall–Kier alpha value is 0.168. The van der Waals surface area contributed by atoms with E-state index in [1.807, 2.05) is 0 Å². The molecule has 1 aliphatic rings. The van der Waals surface area contributed by atoms with Crippen LogP contribution in [0.15, 0.2) is 22.2 Å². The normalized spacial score (nSPS) is 17.9. The average Bonchev–Trinajstić information content (AvgIpc) is 2.41. The standard InChI is InChI=1S/C5H5.C4H9.Mo.2H/c1-2-4-5-3-1;1-3-4-2;;;/h1-3H,4H2;1,3-4H2,2H3;;;. The third kappa shape index (κ3) is 2.83. The molecule has 0 atom stereocenters. The fraction of sp³-hybridized carbons (Fsp3) is 0.556. The first-order valence-corrected chi connectivity index (χ1v) is 6.99. The van der Waals surface area contributed by atoms with Crippen LogP contribution in [0.4, 0.5) is 0 Å². The Morgan fingerprint density at radius 3 is 3.10 bits per heavy atom. The van der Waals surface area contributed by atoms with Crippen LogP contribution in [0.5, 0.6) is 0 Å². The van der Waals surface area contributed by atoms with Gasteiger partial charge in [-0.05, 0) is 0 Å². The van der Waals surface area contributed by atoms with Gasteiger partial charge in [-0.25, -0.2) is 0 Å². The first-order chi connectivity index (χ1) is 4.93. The minimum atomic E-state index is -0.0811. The quantitative estimate of drug-likeness (QED) is 0.504. The van der Waals surface area contributed by atoms with Crippen LogP contribution < -0.4 is 0 Å². The van der Waals surface area contributed by atoms with E-state index in [1.165, 1.54) is 19.3 Å². The summed E-state index contributed by atoms with van der Waals surface area (Å²) in [5.41, 5.74) is 0. The molecule has 0 heterocycles. The SMILES string of the molecule is CCC[CH2][MoH2][C]1=CC=CC1. The van der Waals surface area contributed by atoms with Crippen LogP contribution in [0.3, 0.4) is 0 Å². The summed E-state index contributed by atoms with van der Waals surface area (Å²) >= 11 is -0.0811. The topological polar surface area (TPSA) is 0 Å². The van der Waals surface area contributed by atoms with Crippen LogP contribution in [-0.4, -0.2) is 0 Å². The van der Waals surface area contributed by atoms with Gasteiger partial charge < -0.3 is 0 Å². The van der Waals surface area contributed by atoms with Gasteiger partial charge in [0.15, 0.2) is 0 Å². The second kappa shape index (κ2) is 4.90. The molecule has 0 bridgehead atoms. The summed E-state index contributed by atoms with van der Waals surface area (Å²) in [4.78, 5) is 1.55. The molecule has 0 unspecified atom stereocenters. The maximum absolute atomic E-state index is 2.34. The van der Waals surface area contributed by atoms with Gasteiger partial charge in [0.1, 0.15) is 0 Å². The Labute approximate surface area is 71.9 Å². The van der Waals surface area contributed by atoms with Gasteiger partial charge in [0.05, 0.1) is 0 Å². The number of hydrogen-bond acceptors (Lipinski definition) is 0. The van der Waals surface area contributed by atoms with Crippen LogP contribution >= 0.6 is 0 Å². The summed E-state index contributed by atoms with van der Waals surface area (Å²) in [6, 6.07) is 0. The van der Waals surface area contributed by atoms with Gasteiger partial charge in [-0.1, -0.05) is 0 Å². The fourth-order valence-electron chi connectivity index (χ4n) is 1.00. The van der Waals surface area contributed by atoms with Crippen molar-refractivity contribution in [3.05, 3.63) is 22.2 Å². The van der Waals surface area contributed by atoms with Crippen LogP contribution in [0.1, 0.15) is 26.2 Å². The van der Waals surface area contributed by atoms with Crippen LogP contribution in [0.2, 0.25) is 4.81 Å². The van der Waals surface area contributed by atoms with E-state index in [-0.39, 0.29) is 18.6 Å². The van der Waals surface area contributed by atoms with Gasteiger partial charge >= 0.3 is 71.7 Å². The van der Waals surface area contributed by atoms with Crippen molar-refractivity contribution in [2.24, 2.45) is 0 Å². The van der Waals surface area contributed by atoms with Gasteiger partial charge in [0, 0.05) is 0 Å². The van der Waals surface area contributed by atoms with Crippen molar-refractivity contribution >= 4 is 0 Å². The number of hydrogen-bond donors (Lipinski definition) is 0. The van der Waals surface area contributed by atoms with E-state index in [9.17, 15) is 0 Å². The van der Waals surface area contributed by atoms with E-state index in [0.717, 1.165) is 0 Å². The van der Waals surface area contributed by atoms with E-state index >= 15 is 0 Å². The Balaban J connectivity index is 2.04. The molecule has 58 valence electrons. The van der Waals surface area contributed by atoms with E-state index in [2.05, 4.69) is 25.2 Å². The van der Waals surface area contributed by atoms with Crippen molar-refractivity contribution in [2.75, 3.05) is 0 Å². The molecule has 0 aliphatic heterocycles. The first kappa shape index (κ1) is 8.27. The molecule has 0 aromatic rings. The molecule has 0 radical (unpaired) electrons. The zero-order chi connectivity index (χ0) is 7.23. The molecule has 0 saturated heterocycles. The molecule has 1 heteroatoms. The third-order valence-electron chi connectivity index (χ3n) is 1.65. The number of allylic oxidation sites excluding steroid dienone is 4. The fourth-order valence-corrected chi connectivity index (χ4v) is 4.27. The molecular weight excluding hydrogens is 204 g/mol. The van der Waals surface area contributed by atoms with Crippen LogP contribution in [0.25, 0.3) is 0 Å². The van der Waals surface area contributed by atoms with E-state index < -0.39 is 0 Å². The molecule has 0 saturated carbocycles. The van der Waals surface area contributed by atoms with Crippen molar-refractivity contribution in [1.82, 2.24) is 0 Å². The van der Waals surface area contributed by atoms with Gasteiger partial charge in [-0.15, -0.1) is 0 Å². The van der Waals surface area contributed by atoms with Crippen molar-refractivity contribution in [2.45, 2.75) is 31.0 Å². The van der Waals surface area contributed by atoms with E-state index in [0.29, 0.717) is 0 Å². The molecular formula is C9H16Mo. The van der Waals surface area contributed by atoms with Crippen molar-refractivity contribution < 1.29 is 18.6 Å². The summed E-state index contributed by atoms with van der Waals surface area (Å²) in [5.74, 6) is 0. The van der Waals surface area contributed by atoms with Crippen LogP contribution in [-0.2, 0) is 18.6 Å². The average molecular weight is 220 g/mol. The molecule has 0 N–H and O–H groups in total. The Bertz CT molecular complexity index is 145. The number of unbranched alkanes of at least 4 members (excludes halogenated alkanes) is 1. The monoisotopic (exact) mass is 222 g/mol. The Morgan fingerprint density at radius 1 is 1.60 bits per heavy atom. The molecule has 0 nitrogen and oxygen atoms in total. The zero-order valence-electron chi connectivity index (χ0n) is 6.56. The molecule has 10 heavy (non-hydrogen) atoms. The Morgan fingerprint density at radius 2 is 2.50 bits per heavy atom. The molecule has 1 rings (SSSR count). The van der Waals surface area contributed by atoms with Crippen molar-refractivity contribution in [3.63, 3.8) is 0 Å². The summed E-state index contributed by atoms with van der Waals surface area (Å²) < 4.78 is 1.79. The summed E-state index contributed by atoms with van der Waals surface area (Å²) in [5, 5.41) is 0. The Kier molecular flexibility index (Phi) is 4.05. The minimum absolute atomic E-state index is 0.0811. The maximum atomic E-state index is 2.34. The second-order valence-corrected chi connectivity index (χ2v) is 6.28. The first-order valence-electron chi connectivity index (χ1n) is 4.03. The van der Waals surface area contributed by atoms with Gasteiger partial charge in [0.2, 0.25) is 0 Å². The van der Waals surface area contributed by atoms with Crippen LogP contribution in [0, 0.1) is 0 Å². The van der Waals surface area contributed by atoms with E-state index in [4.69, 9.17) is 0 Å². The van der Waals surface area contributed by atoms with Gasteiger partial charge in [0.25, 0.3) is 0 Å². The predicted octanol–water partition coefficient (Wildman–Crippen LogP) is 2.60. The molecule has 0 aromatic carbocycles. The number of rotatable bonds is 4. The van der Waals surface area contributed by atoms with Gasteiger partial charge in [-0.2, -0.15) is 0 Å². The molecule has 1 aliphatic carbocycles. The van der Waals surface area contributed by atoms with Gasteiger partial charge in [-0.3, -0.25) is 0 Å². The molecule has 0 spiro atoms. The molecule has 0 aromatic heterocycles. The van der Waals surface area contributed by atoms with Crippen molar-refractivity contribution in [3.8, 4) is 0 Å². The predicted molar refractivity (Wildman–Crippen MR) is 44.3 cm³/mol. The third-order valence-corrected chi connectivity index (χ3v) is 5.16. The molecule has 0 fully saturated rings.